The molecule has 0 aromatic carbocycles. The summed E-state index contributed by atoms with van der Waals surface area (Å²) >= 11 is 6.40. The van der Waals surface area contributed by atoms with Crippen LogP contribution in [0.5, 0.6) is 0 Å². The van der Waals surface area contributed by atoms with Gasteiger partial charge in [0.2, 0.25) is 5.15 Å². The van der Waals surface area contributed by atoms with Crippen LogP contribution in [-0.2, 0) is 13.0 Å². The highest BCUT2D eigenvalue weighted by molar-refractivity contribution is 6.29. The molecule has 0 spiro atoms. The Bertz CT molecular complexity index is 627. The number of pyridine rings is 1. The molecule has 0 radical (unpaired) electrons. The molecule has 2 aliphatic rings. The van der Waals surface area contributed by atoms with Crippen molar-refractivity contribution < 1.29 is 9.88 Å². The molecule has 1 fully saturated rings. The standard InChI is InChI=1S/C19H27ClN4/c1-3-23(4-2)19-17-13-24(14-8-6-5-7-9-14)11-10-15(17)16(12-21)18(20)22-19/h14H,3-11,13H2,1-2H3/p+2. The second kappa shape index (κ2) is 7.72. The lowest BCUT2D eigenvalue weighted by molar-refractivity contribution is -0.942. The summed E-state index contributed by atoms with van der Waals surface area (Å²) in [7, 11) is 0. The third-order valence-corrected chi connectivity index (χ3v) is 6.16. The molecule has 1 aromatic heterocycles. The van der Waals surface area contributed by atoms with Crippen LogP contribution in [0.1, 0.15) is 62.6 Å². The van der Waals surface area contributed by atoms with Crippen molar-refractivity contribution in [3.8, 4) is 6.07 Å². The molecule has 130 valence electrons. The van der Waals surface area contributed by atoms with E-state index in [1.807, 2.05) is 0 Å². The lowest BCUT2D eigenvalue weighted by Gasteiger charge is -2.35. The number of anilines is 1. The maximum atomic E-state index is 9.56. The Hall–Kier alpha value is -1.31. The van der Waals surface area contributed by atoms with Crippen molar-refractivity contribution in [2.75, 3.05) is 24.5 Å². The second-order valence-electron chi connectivity index (χ2n) is 7.07. The van der Waals surface area contributed by atoms with Gasteiger partial charge in [-0.25, -0.2) is 4.98 Å². The highest BCUT2D eigenvalue weighted by Gasteiger charge is 2.35. The van der Waals surface area contributed by atoms with Crippen molar-refractivity contribution in [3.63, 3.8) is 0 Å². The maximum absolute atomic E-state index is 9.56. The molecule has 1 aliphatic heterocycles. The quantitative estimate of drug-likeness (QED) is 0.847. The Morgan fingerprint density at radius 3 is 2.54 bits per heavy atom. The first-order chi connectivity index (χ1) is 11.7. The molecule has 0 saturated heterocycles. The summed E-state index contributed by atoms with van der Waals surface area (Å²) in [5, 5.41) is 10.1. The largest absolute Gasteiger partial charge is 0.328 e. The van der Waals surface area contributed by atoms with Crippen molar-refractivity contribution in [3.05, 3.63) is 21.8 Å². The molecule has 1 aromatic rings. The van der Waals surface area contributed by atoms with E-state index in [0.717, 1.165) is 44.5 Å². The van der Waals surface area contributed by atoms with Crippen LogP contribution < -0.4 is 14.8 Å². The number of nitriles is 1. The van der Waals surface area contributed by atoms with E-state index in [2.05, 4.69) is 29.8 Å². The first kappa shape index (κ1) is 17.5. The van der Waals surface area contributed by atoms with Gasteiger partial charge in [-0.1, -0.05) is 6.42 Å². The third kappa shape index (κ3) is 3.25. The zero-order valence-corrected chi connectivity index (χ0v) is 15.7. The van der Waals surface area contributed by atoms with Crippen LogP contribution in [0.25, 0.3) is 0 Å². The van der Waals surface area contributed by atoms with Crippen LogP contribution in [0, 0.1) is 11.3 Å². The van der Waals surface area contributed by atoms with Gasteiger partial charge in [-0.15, -0.1) is 0 Å². The average molecular weight is 349 g/mol. The van der Waals surface area contributed by atoms with Crippen LogP contribution in [0.15, 0.2) is 0 Å². The fourth-order valence-corrected chi connectivity index (χ4v) is 4.77. The molecule has 1 saturated carbocycles. The lowest BCUT2D eigenvalue weighted by atomic mass is 9.90. The Morgan fingerprint density at radius 2 is 1.92 bits per heavy atom. The minimum absolute atomic E-state index is 0.499. The summed E-state index contributed by atoms with van der Waals surface area (Å²) < 4.78 is 0. The molecule has 0 amide bonds. The molecule has 5 heteroatoms. The maximum Gasteiger partial charge on any atom is 0.284 e. The van der Waals surface area contributed by atoms with Gasteiger partial charge >= 0.3 is 0 Å². The number of H-pyrrole nitrogens is 1. The molecule has 2 N–H and O–H groups in total. The second-order valence-corrected chi connectivity index (χ2v) is 7.45. The van der Waals surface area contributed by atoms with Gasteiger partial charge in [0, 0.05) is 6.42 Å². The number of hydrogen-bond donors (Lipinski definition) is 1. The van der Waals surface area contributed by atoms with Crippen LogP contribution >= 0.6 is 11.6 Å². The van der Waals surface area contributed by atoms with Gasteiger partial charge in [-0.05, 0) is 56.7 Å². The molecule has 1 aliphatic carbocycles. The molecule has 24 heavy (non-hydrogen) atoms. The van der Waals surface area contributed by atoms with Crippen LogP contribution in [0.2, 0.25) is 5.15 Å². The van der Waals surface area contributed by atoms with Crippen molar-refractivity contribution in [1.29, 1.82) is 5.26 Å². The number of nitrogens with zero attached hydrogens (tertiary/aromatic N) is 2. The minimum atomic E-state index is 0.499. The molecule has 1 unspecified atom stereocenters. The first-order valence-corrected chi connectivity index (χ1v) is 9.83. The Labute approximate surface area is 150 Å². The lowest BCUT2D eigenvalue weighted by Crippen LogP contribution is -3.15. The highest BCUT2D eigenvalue weighted by Crippen LogP contribution is 2.28. The van der Waals surface area contributed by atoms with Crippen LogP contribution in [0.4, 0.5) is 5.82 Å². The van der Waals surface area contributed by atoms with Gasteiger partial charge < -0.3 is 4.90 Å². The summed E-state index contributed by atoms with van der Waals surface area (Å²) in [4.78, 5) is 7.37. The summed E-state index contributed by atoms with van der Waals surface area (Å²) in [6.07, 6.45) is 7.82. The number of quaternary nitrogens is 1. The van der Waals surface area contributed by atoms with Crippen molar-refractivity contribution in [2.24, 2.45) is 0 Å². The predicted octanol–water partition coefficient (Wildman–Crippen LogP) is 2.15. The van der Waals surface area contributed by atoms with Crippen LogP contribution in [-0.4, -0.2) is 25.7 Å². The normalized spacial score (nSPS) is 21.2. The Morgan fingerprint density at radius 1 is 1.21 bits per heavy atom. The van der Waals surface area contributed by atoms with Crippen molar-refractivity contribution in [2.45, 2.75) is 65.0 Å². The SMILES string of the molecule is CCN(CC)c1[nH+]c(Cl)c(C#N)c2c1C[NH+](C1CCCCC1)CC2. The molecule has 1 atom stereocenters. The number of aromatic nitrogens is 1. The highest BCUT2D eigenvalue weighted by atomic mass is 35.5. The zero-order chi connectivity index (χ0) is 17.1. The number of aromatic amines is 1. The van der Waals surface area contributed by atoms with E-state index >= 15 is 0 Å². The van der Waals surface area contributed by atoms with E-state index < -0.39 is 0 Å². The van der Waals surface area contributed by atoms with Crippen LogP contribution in [0.3, 0.4) is 0 Å². The predicted molar refractivity (Wildman–Crippen MR) is 96.4 cm³/mol. The van der Waals surface area contributed by atoms with Gasteiger partial charge in [-0.3, -0.25) is 4.90 Å². The van der Waals surface area contributed by atoms with E-state index in [0.29, 0.717) is 10.7 Å². The summed E-state index contributed by atoms with van der Waals surface area (Å²) in [5.41, 5.74) is 3.17. The summed E-state index contributed by atoms with van der Waals surface area (Å²) in [5.74, 6) is 1.13. The fraction of sp³-hybridized carbons (Fsp3) is 0.684. The van der Waals surface area contributed by atoms with E-state index in [9.17, 15) is 5.26 Å². The molecule has 2 heterocycles. The smallest absolute Gasteiger partial charge is 0.284 e. The summed E-state index contributed by atoms with van der Waals surface area (Å²) in [6, 6.07) is 3.12. The number of fused-ring (bicyclic) bond motifs is 1. The molecule has 4 nitrogen and oxygen atoms in total. The molecular formula is C19H29ClN4+2. The Kier molecular flexibility index (Phi) is 5.63. The molecule has 3 rings (SSSR count). The number of rotatable bonds is 4. The van der Waals surface area contributed by atoms with E-state index in [-0.39, 0.29) is 0 Å². The topological polar surface area (TPSA) is 45.6 Å². The van der Waals surface area contributed by atoms with Gasteiger partial charge in [0.25, 0.3) is 5.82 Å². The van der Waals surface area contributed by atoms with Crippen molar-refractivity contribution in [1.82, 2.24) is 0 Å². The number of nitrogens with one attached hydrogen (secondary N) is 2. The number of halogens is 1. The minimum Gasteiger partial charge on any atom is -0.328 e. The average Bonchev–Trinajstić information content (AvgIpc) is 2.63. The Balaban J connectivity index is 1.98. The van der Waals surface area contributed by atoms with Gasteiger partial charge in [0.1, 0.15) is 23.7 Å². The molecular weight excluding hydrogens is 320 g/mol. The van der Waals surface area contributed by atoms with Gasteiger partial charge in [-0.2, -0.15) is 5.26 Å². The first-order valence-electron chi connectivity index (χ1n) is 9.45. The van der Waals surface area contributed by atoms with E-state index in [1.54, 1.807) is 4.90 Å². The zero-order valence-electron chi connectivity index (χ0n) is 14.9. The van der Waals surface area contributed by atoms with Gasteiger partial charge in [0.05, 0.1) is 25.7 Å². The van der Waals surface area contributed by atoms with E-state index in [4.69, 9.17) is 11.6 Å². The molecule has 0 bridgehead atoms. The monoisotopic (exact) mass is 348 g/mol. The van der Waals surface area contributed by atoms with Crippen molar-refractivity contribution >= 4 is 17.4 Å². The number of hydrogen-bond acceptors (Lipinski definition) is 2. The van der Waals surface area contributed by atoms with E-state index in [1.165, 1.54) is 43.2 Å². The fourth-order valence-electron chi connectivity index (χ4n) is 4.52. The summed E-state index contributed by atoms with van der Waals surface area (Å²) in [6.45, 7) is 8.38. The van der Waals surface area contributed by atoms with Gasteiger partial charge in [0.15, 0.2) is 0 Å². The third-order valence-electron chi connectivity index (χ3n) is 5.87.